The van der Waals surface area contributed by atoms with Crippen molar-refractivity contribution < 1.29 is 9.59 Å². The number of nitrogens with one attached hydrogen (secondary N) is 1. The fourth-order valence-corrected chi connectivity index (χ4v) is 2.47. The van der Waals surface area contributed by atoms with Crippen molar-refractivity contribution in [1.82, 2.24) is 10.2 Å². The van der Waals surface area contributed by atoms with Gasteiger partial charge in [-0.05, 0) is 32.1 Å². The Morgan fingerprint density at radius 2 is 2.07 bits per heavy atom. The molecule has 2 amide bonds. The summed E-state index contributed by atoms with van der Waals surface area (Å²) in [6.45, 7) is 3.78. The van der Waals surface area contributed by atoms with Gasteiger partial charge in [0.15, 0.2) is 0 Å². The van der Waals surface area contributed by atoms with Gasteiger partial charge >= 0.3 is 0 Å². The number of carbonyl (C=O) groups is 2. The Balaban J connectivity index is 2.25. The second-order valence-corrected chi connectivity index (χ2v) is 4.81. The predicted octanol–water partition coefficient (Wildman–Crippen LogP) is 0.522. The van der Waals surface area contributed by atoms with Crippen molar-refractivity contribution in [3.05, 3.63) is 0 Å². The summed E-state index contributed by atoms with van der Waals surface area (Å²) >= 11 is 0. The molecule has 1 aliphatic carbocycles. The highest BCUT2D eigenvalue weighted by molar-refractivity contribution is 5.99. The quantitative estimate of drug-likeness (QED) is 0.722. The zero-order valence-electron chi connectivity index (χ0n) is 9.54. The molecule has 1 heterocycles. The molecule has 2 rings (SSSR count). The molecule has 15 heavy (non-hydrogen) atoms. The van der Waals surface area contributed by atoms with Crippen LogP contribution in [-0.2, 0) is 9.59 Å². The number of piperazine rings is 1. The Hall–Kier alpha value is -1.06. The van der Waals surface area contributed by atoms with Crippen molar-refractivity contribution in [2.24, 2.45) is 5.92 Å². The Morgan fingerprint density at radius 1 is 1.47 bits per heavy atom. The van der Waals surface area contributed by atoms with E-state index in [1.54, 1.807) is 11.9 Å². The maximum Gasteiger partial charge on any atom is 0.248 e. The molecule has 0 radical (unpaired) electrons. The van der Waals surface area contributed by atoms with Crippen molar-refractivity contribution in [3.8, 4) is 0 Å². The van der Waals surface area contributed by atoms with E-state index >= 15 is 0 Å². The van der Waals surface area contributed by atoms with Gasteiger partial charge in [-0.1, -0.05) is 6.92 Å². The van der Waals surface area contributed by atoms with Crippen LogP contribution in [0, 0.1) is 5.92 Å². The molecule has 1 saturated carbocycles. The van der Waals surface area contributed by atoms with E-state index in [0.29, 0.717) is 12.3 Å². The first-order valence-electron chi connectivity index (χ1n) is 5.60. The van der Waals surface area contributed by atoms with E-state index in [1.165, 1.54) is 0 Å². The van der Waals surface area contributed by atoms with E-state index in [-0.39, 0.29) is 17.9 Å². The van der Waals surface area contributed by atoms with Gasteiger partial charge in [0, 0.05) is 7.05 Å². The number of likely N-dealkylation sites (N-methyl/N-ethyl adjacent to an activating group) is 1. The monoisotopic (exact) mass is 210 g/mol. The van der Waals surface area contributed by atoms with E-state index in [9.17, 15) is 9.59 Å². The van der Waals surface area contributed by atoms with Crippen LogP contribution in [0.5, 0.6) is 0 Å². The van der Waals surface area contributed by atoms with Gasteiger partial charge < -0.3 is 10.2 Å². The zero-order valence-corrected chi connectivity index (χ0v) is 9.54. The zero-order chi connectivity index (χ0) is 11.2. The molecule has 1 aliphatic heterocycles. The van der Waals surface area contributed by atoms with Crippen LogP contribution >= 0.6 is 0 Å². The standard InChI is InChI=1S/C11H18N2O2/c1-4-8-9(14)12-11(2,7-5-6-7)10(15)13(8)3/h7-8H,4-6H2,1-3H3,(H,12,14). The summed E-state index contributed by atoms with van der Waals surface area (Å²) < 4.78 is 0. The second-order valence-electron chi connectivity index (χ2n) is 4.81. The molecule has 2 fully saturated rings. The molecule has 2 aliphatic rings. The summed E-state index contributed by atoms with van der Waals surface area (Å²) in [7, 11) is 1.73. The van der Waals surface area contributed by atoms with E-state index in [0.717, 1.165) is 12.8 Å². The number of amides is 2. The third kappa shape index (κ3) is 1.43. The lowest BCUT2D eigenvalue weighted by Gasteiger charge is -2.42. The summed E-state index contributed by atoms with van der Waals surface area (Å²) in [5.41, 5.74) is -0.641. The molecular weight excluding hydrogens is 192 g/mol. The molecule has 4 heteroatoms. The van der Waals surface area contributed by atoms with Crippen LogP contribution in [0.3, 0.4) is 0 Å². The lowest BCUT2D eigenvalue weighted by atomic mass is 9.89. The van der Waals surface area contributed by atoms with E-state index in [4.69, 9.17) is 0 Å². The topological polar surface area (TPSA) is 49.4 Å². The first-order chi connectivity index (χ1) is 7.00. The molecule has 0 aromatic carbocycles. The van der Waals surface area contributed by atoms with Crippen LogP contribution in [-0.4, -0.2) is 35.3 Å². The summed E-state index contributed by atoms with van der Waals surface area (Å²) in [6.07, 6.45) is 2.77. The van der Waals surface area contributed by atoms with Crippen molar-refractivity contribution in [3.63, 3.8) is 0 Å². The summed E-state index contributed by atoms with van der Waals surface area (Å²) in [4.78, 5) is 25.6. The van der Waals surface area contributed by atoms with Crippen LogP contribution < -0.4 is 5.32 Å². The van der Waals surface area contributed by atoms with Crippen LogP contribution in [0.1, 0.15) is 33.1 Å². The largest absolute Gasteiger partial charge is 0.340 e. The van der Waals surface area contributed by atoms with E-state index in [1.807, 2.05) is 13.8 Å². The van der Waals surface area contributed by atoms with Crippen LogP contribution in [0.25, 0.3) is 0 Å². The second kappa shape index (κ2) is 3.22. The first-order valence-corrected chi connectivity index (χ1v) is 5.60. The molecule has 0 aromatic rings. The average molecular weight is 210 g/mol. The molecular formula is C11H18N2O2. The molecule has 2 atom stereocenters. The number of rotatable bonds is 2. The van der Waals surface area contributed by atoms with Gasteiger partial charge in [-0.25, -0.2) is 0 Å². The highest BCUT2D eigenvalue weighted by Crippen LogP contribution is 2.42. The number of carbonyl (C=O) groups excluding carboxylic acids is 2. The molecule has 84 valence electrons. The van der Waals surface area contributed by atoms with Crippen LogP contribution in [0.15, 0.2) is 0 Å². The van der Waals surface area contributed by atoms with E-state index < -0.39 is 5.54 Å². The molecule has 4 nitrogen and oxygen atoms in total. The Morgan fingerprint density at radius 3 is 2.53 bits per heavy atom. The third-order valence-electron chi connectivity index (χ3n) is 3.70. The highest BCUT2D eigenvalue weighted by atomic mass is 16.2. The van der Waals surface area contributed by atoms with Gasteiger partial charge in [0.25, 0.3) is 0 Å². The number of hydrogen-bond acceptors (Lipinski definition) is 2. The smallest absolute Gasteiger partial charge is 0.248 e. The Bertz CT molecular complexity index is 312. The Labute approximate surface area is 90.0 Å². The fourth-order valence-electron chi connectivity index (χ4n) is 2.47. The van der Waals surface area contributed by atoms with Gasteiger partial charge in [-0.2, -0.15) is 0 Å². The van der Waals surface area contributed by atoms with Crippen molar-refractivity contribution in [1.29, 1.82) is 0 Å². The number of hydrogen-bond donors (Lipinski definition) is 1. The van der Waals surface area contributed by atoms with Crippen LogP contribution in [0.4, 0.5) is 0 Å². The summed E-state index contributed by atoms with van der Waals surface area (Å²) in [6, 6.07) is -0.288. The molecule has 0 bridgehead atoms. The Kier molecular flexibility index (Phi) is 2.24. The predicted molar refractivity (Wildman–Crippen MR) is 56.1 cm³/mol. The van der Waals surface area contributed by atoms with Crippen molar-refractivity contribution in [2.75, 3.05) is 7.05 Å². The lowest BCUT2D eigenvalue weighted by Crippen LogP contribution is -2.69. The van der Waals surface area contributed by atoms with Gasteiger partial charge in [-0.15, -0.1) is 0 Å². The molecule has 1 N–H and O–H groups in total. The van der Waals surface area contributed by atoms with Gasteiger partial charge in [0.1, 0.15) is 11.6 Å². The van der Waals surface area contributed by atoms with Gasteiger partial charge in [0.2, 0.25) is 11.8 Å². The highest BCUT2D eigenvalue weighted by Gasteiger charge is 2.53. The fraction of sp³-hybridized carbons (Fsp3) is 0.818. The molecule has 0 spiro atoms. The maximum atomic E-state index is 12.2. The average Bonchev–Trinajstić information content (AvgIpc) is 2.98. The van der Waals surface area contributed by atoms with Gasteiger partial charge in [-0.3, -0.25) is 9.59 Å². The lowest BCUT2D eigenvalue weighted by molar-refractivity contribution is -0.153. The first kappa shape index (κ1) is 10.5. The summed E-state index contributed by atoms with van der Waals surface area (Å²) in [5, 5.41) is 2.91. The third-order valence-corrected chi connectivity index (χ3v) is 3.70. The molecule has 2 unspecified atom stereocenters. The van der Waals surface area contributed by atoms with Crippen molar-refractivity contribution in [2.45, 2.75) is 44.7 Å². The minimum atomic E-state index is -0.641. The minimum Gasteiger partial charge on any atom is -0.340 e. The number of nitrogens with zero attached hydrogens (tertiary/aromatic N) is 1. The molecule has 1 saturated heterocycles. The SMILES string of the molecule is CCC1C(=O)NC(C)(C2CC2)C(=O)N1C. The normalized spacial score (nSPS) is 36.7. The molecule has 0 aromatic heterocycles. The summed E-state index contributed by atoms with van der Waals surface area (Å²) in [5.74, 6) is 0.402. The van der Waals surface area contributed by atoms with E-state index in [2.05, 4.69) is 5.32 Å². The van der Waals surface area contributed by atoms with Crippen molar-refractivity contribution >= 4 is 11.8 Å². The van der Waals surface area contributed by atoms with Crippen LogP contribution in [0.2, 0.25) is 0 Å². The maximum absolute atomic E-state index is 12.2. The minimum absolute atomic E-state index is 0.00556. The van der Waals surface area contributed by atoms with Gasteiger partial charge in [0.05, 0.1) is 0 Å².